The number of piperidine rings is 1. The van der Waals surface area contributed by atoms with Gasteiger partial charge in [0.1, 0.15) is 11.3 Å². The van der Waals surface area contributed by atoms with E-state index in [9.17, 15) is 19.5 Å². The van der Waals surface area contributed by atoms with Crippen LogP contribution in [0.2, 0.25) is 0 Å². The number of aromatic carboxylic acids is 1. The maximum Gasteiger partial charge on any atom is 0.336 e. The van der Waals surface area contributed by atoms with Crippen LogP contribution < -0.4 is 9.64 Å². The van der Waals surface area contributed by atoms with Gasteiger partial charge in [0.15, 0.2) is 0 Å². The zero-order valence-electron chi connectivity index (χ0n) is 31.0. The fraction of sp³-hybridized carbons (Fsp3) is 0.488. The summed E-state index contributed by atoms with van der Waals surface area (Å²) in [4.78, 5) is 55.3. The van der Waals surface area contributed by atoms with Crippen molar-refractivity contribution < 1.29 is 24.2 Å². The minimum Gasteiger partial charge on any atom is -0.478 e. The number of pyridine rings is 1. The van der Waals surface area contributed by atoms with E-state index in [-0.39, 0.29) is 29.5 Å². The van der Waals surface area contributed by atoms with Crippen LogP contribution in [0.5, 0.6) is 11.6 Å². The highest BCUT2D eigenvalue weighted by atomic mass is 16.5. The number of ether oxygens (including phenoxy) is 1. The van der Waals surface area contributed by atoms with Crippen LogP contribution in [0.25, 0.3) is 22.3 Å². The average molecular weight is 705 g/mol. The Morgan fingerprint density at radius 1 is 0.981 bits per heavy atom. The maximum absolute atomic E-state index is 14.7. The smallest absolute Gasteiger partial charge is 0.336 e. The molecule has 5 heterocycles. The summed E-state index contributed by atoms with van der Waals surface area (Å²) in [7, 11) is 0. The van der Waals surface area contributed by atoms with Crippen LogP contribution in [0.1, 0.15) is 94.2 Å². The van der Waals surface area contributed by atoms with Crippen LogP contribution in [0, 0.1) is 12.3 Å². The molecule has 11 heteroatoms. The first-order chi connectivity index (χ1) is 24.7. The van der Waals surface area contributed by atoms with Crippen LogP contribution in [0.15, 0.2) is 48.8 Å². The van der Waals surface area contributed by atoms with Crippen LogP contribution in [0.3, 0.4) is 0 Å². The molecule has 11 nitrogen and oxygen atoms in total. The van der Waals surface area contributed by atoms with Gasteiger partial charge in [-0.25, -0.2) is 14.8 Å². The minimum absolute atomic E-state index is 0.0484. The van der Waals surface area contributed by atoms with Crippen LogP contribution in [-0.4, -0.2) is 85.5 Å². The molecule has 4 aliphatic rings. The second-order valence-corrected chi connectivity index (χ2v) is 16.5. The number of nitrogens with zero attached hydrogens (tertiary/aromatic N) is 6. The summed E-state index contributed by atoms with van der Waals surface area (Å²) in [6.07, 6.45) is 6.08. The van der Waals surface area contributed by atoms with Crippen molar-refractivity contribution in [2.24, 2.45) is 5.41 Å². The van der Waals surface area contributed by atoms with Crippen molar-refractivity contribution in [3.05, 3.63) is 65.5 Å². The number of rotatable bonds is 7. The predicted molar refractivity (Wildman–Crippen MR) is 199 cm³/mol. The Kier molecular flexibility index (Phi) is 8.20. The third-order valence-electron chi connectivity index (χ3n) is 12.2. The molecule has 0 unspecified atom stereocenters. The van der Waals surface area contributed by atoms with Gasteiger partial charge in [-0.05, 0) is 100 Å². The number of likely N-dealkylation sites (tertiary alicyclic amines) is 2. The van der Waals surface area contributed by atoms with Crippen molar-refractivity contribution in [1.29, 1.82) is 0 Å². The van der Waals surface area contributed by atoms with Crippen LogP contribution >= 0.6 is 0 Å². The largest absolute Gasteiger partial charge is 0.478 e. The van der Waals surface area contributed by atoms with Gasteiger partial charge in [-0.3, -0.25) is 14.5 Å². The lowest BCUT2D eigenvalue weighted by Crippen LogP contribution is -2.57. The number of aromatic nitrogens is 3. The molecule has 0 bridgehead atoms. The van der Waals surface area contributed by atoms with Gasteiger partial charge in [0.05, 0.1) is 28.5 Å². The van der Waals surface area contributed by atoms with Gasteiger partial charge in [-0.15, -0.1) is 0 Å². The van der Waals surface area contributed by atoms with Gasteiger partial charge in [0.2, 0.25) is 17.7 Å². The average Bonchev–Trinajstić information content (AvgIpc) is 3.74. The van der Waals surface area contributed by atoms with Crippen LogP contribution in [-0.2, 0) is 15.0 Å². The van der Waals surface area contributed by atoms with E-state index in [0.29, 0.717) is 65.8 Å². The number of amides is 2. The van der Waals surface area contributed by atoms with Crippen LogP contribution in [0.4, 0.5) is 5.69 Å². The Morgan fingerprint density at radius 2 is 1.73 bits per heavy atom. The van der Waals surface area contributed by atoms with Gasteiger partial charge >= 0.3 is 5.97 Å². The molecule has 8 rings (SSSR count). The molecule has 4 aromatic rings. The molecule has 2 saturated heterocycles. The molecule has 3 fully saturated rings. The van der Waals surface area contributed by atoms with Crippen molar-refractivity contribution in [3.63, 3.8) is 0 Å². The molecule has 1 saturated carbocycles. The number of aryl methyl sites for hydroxylation is 1. The molecule has 2 aromatic carbocycles. The number of benzene rings is 2. The molecule has 1 N–H and O–H groups in total. The number of anilines is 1. The normalized spacial score (nSPS) is 22.3. The van der Waals surface area contributed by atoms with Gasteiger partial charge in [-0.1, -0.05) is 32.0 Å². The predicted octanol–water partition coefficient (Wildman–Crippen LogP) is 6.97. The number of carboxylic acids is 1. The highest BCUT2D eigenvalue weighted by Crippen LogP contribution is 2.52. The highest BCUT2D eigenvalue weighted by Gasteiger charge is 2.56. The summed E-state index contributed by atoms with van der Waals surface area (Å²) in [5, 5.41) is 9.77. The Bertz CT molecular complexity index is 2110. The fourth-order valence-corrected chi connectivity index (χ4v) is 8.98. The summed E-state index contributed by atoms with van der Waals surface area (Å²) in [5.41, 5.74) is 5.36. The monoisotopic (exact) mass is 704 g/mol. The van der Waals surface area contributed by atoms with Crippen molar-refractivity contribution in [2.45, 2.75) is 97.2 Å². The molecular weight excluding hydrogens is 656 g/mol. The molecule has 52 heavy (non-hydrogen) atoms. The highest BCUT2D eigenvalue weighted by molar-refractivity contribution is 6.09. The number of fused-ring (bicyclic) bond motifs is 3. The Balaban J connectivity index is 1.19. The molecule has 1 aliphatic carbocycles. The van der Waals surface area contributed by atoms with Gasteiger partial charge in [0, 0.05) is 55.9 Å². The maximum atomic E-state index is 14.7. The number of imidazole rings is 1. The Hall–Kier alpha value is -4.77. The first-order valence-corrected chi connectivity index (χ1v) is 18.6. The van der Waals surface area contributed by atoms with E-state index < -0.39 is 11.4 Å². The third kappa shape index (κ3) is 5.64. The topological polar surface area (TPSA) is 121 Å². The van der Waals surface area contributed by atoms with Crippen molar-refractivity contribution >= 4 is 34.5 Å². The quantitative estimate of drug-likeness (QED) is 0.219. The second kappa shape index (κ2) is 12.4. The molecule has 3 aliphatic heterocycles. The number of carbonyl (C=O) groups excluding carboxylic acids is 2. The molecule has 2 aromatic heterocycles. The van der Waals surface area contributed by atoms with Crippen molar-refractivity contribution in [3.8, 4) is 22.9 Å². The van der Waals surface area contributed by atoms with E-state index in [1.54, 1.807) is 32.3 Å². The van der Waals surface area contributed by atoms with E-state index in [1.807, 2.05) is 21.6 Å². The summed E-state index contributed by atoms with van der Waals surface area (Å²) < 4.78 is 8.40. The lowest BCUT2D eigenvalue weighted by Gasteiger charge is -2.46. The van der Waals surface area contributed by atoms with E-state index in [2.05, 4.69) is 49.6 Å². The zero-order valence-corrected chi connectivity index (χ0v) is 31.0. The van der Waals surface area contributed by atoms with E-state index in [1.165, 1.54) is 12.5 Å². The Labute approximate surface area is 304 Å². The number of carboxylic acid groups (broad SMARTS) is 1. The first kappa shape index (κ1) is 34.3. The Morgan fingerprint density at radius 3 is 2.38 bits per heavy atom. The van der Waals surface area contributed by atoms with Crippen molar-refractivity contribution in [2.75, 3.05) is 31.1 Å². The summed E-state index contributed by atoms with van der Waals surface area (Å²) >= 11 is 0. The molecule has 272 valence electrons. The zero-order chi connectivity index (χ0) is 36.7. The lowest BCUT2D eigenvalue weighted by atomic mass is 9.73. The molecule has 0 radical (unpaired) electrons. The number of hydrogen-bond acceptors (Lipinski definition) is 7. The molecule has 0 atom stereocenters. The minimum atomic E-state index is -1.02. The standard InChI is InChI=1S/C41H48N6O5/c1-24(2)46-23-42-34-21-33(43-37(36(34)46)52-30-9-7-25(3)31(20-30)38(49)50)27-8-10-32-35(17-27)47(29-18-28(19-29)45-14-11-40(5,6)22-45)39(51)41(32)12-15-44(16-13-41)26(4)48/h7-10,17,20-21,23-24,28-29H,11-16,18-19,22H2,1-6H3,(H,49,50). The first-order valence-electron chi connectivity index (χ1n) is 18.6. The summed E-state index contributed by atoms with van der Waals surface area (Å²) in [5.74, 6) is -0.116. The summed E-state index contributed by atoms with van der Waals surface area (Å²) in [6.45, 7) is 15.5. The van der Waals surface area contributed by atoms with E-state index >= 15 is 0 Å². The van der Waals surface area contributed by atoms with E-state index in [4.69, 9.17) is 14.7 Å². The number of carbonyl (C=O) groups is 3. The molecular formula is C41H48N6O5. The lowest BCUT2D eigenvalue weighted by molar-refractivity contribution is -0.134. The fourth-order valence-electron chi connectivity index (χ4n) is 8.98. The molecule has 2 amide bonds. The van der Waals surface area contributed by atoms with Gasteiger partial charge < -0.3 is 24.2 Å². The SMILES string of the molecule is CC(=O)N1CCC2(CC1)C(=O)N(C1CC(N3CCC(C)(C)C3)C1)c1cc(-c3cc4ncn(C(C)C)c4c(Oc4ccc(C)c(C(=O)O)c4)n3)ccc12. The third-order valence-corrected chi connectivity index (χ3v) is 12.2. The second-order valence-electron chi connectivity index (χ2n) is 16.5. The number of hydrogen-bond donors (Lipinski definition) is 1. The van der Waals surface area contributed by atoms with Crippen molar-refractivity contribution in [1.82, 2.24) is 24.3 Å². The summed E-state index contributed by atoms with van der Waals surface area (Å²) in [6, 6.07) is 13.9. The molecule has 1 spiro atoms. The van der Waals surface area contributed by atoms with E-state index in [0.717, 1.165) is 48.3 Å². The van der Waals surface area contributed by atoms with Gasteiger partial charge in [-0.2, -0.15) is 0 Å². The van der Waals surface area contributed by atoms with Gasteiger partial charge in [0.25, 0.3) is 0 Å².